The number of benzene rings is 1. The molecular formula is C15H20FNO3. The summed E-state index contributed by atoms with van der Waals surface area (Å²) < 4.78 is 13.5. The number of rotatable bonds is 5. The molecule has 110 valence electrons. The minimum Gasteiger partial charge on any atom is -0.478 e. The van der Waals surface area contributed by atoms with Crippen LogP contribution in [0.15, 0.2) is 18.2 Å². The van der Waals surface area contributed by atoms with Gasteiger partial charge in [0.15, 0.2) is 0 Å². The van der Waals surface area contributed by atoms with E-state index in [-0.39, 0.29) is 11.7 Å². The van der Waals surface area contributed by atoms with Gasteiger partial charge >= 0.3 is 5.97 Å². The summed E-state index contributed by atoms with van der Waals surface area (Å²) in [7, 11) is 0. The molecule has 0 saturated heterocycles. The zero-order chi connectivity index (χ0) is 14.5. The first kappa shape index (κ1) is 14.9. The predicted molar refractivity (Wildman–Crippen MR) is 73.0 cm³/mol. The minimum atomic E-state index is -1.25. The molecule has 1 saturated carbocycles. The summed E-state index contributed by atoms with van der Waals surface area (Å²) in [6.07, 6.45) is 3.67. The monoisotopic (exact) mass is 281 g/mol. The van der Waals surface area contributed by atoms with Crippen LogP contribution in [0.1, 0.15) is 41.6 Å². The Morgan fingerprint density at radius 1 is 1.40 bits per heavy atom. The van der Waals surface area contributed by atoms with Crippen molar-refractivity contribution in [2.24, 2.45) is 5.92 Å². The highest BCUT2D eigenvalue weighted by Gasteiger charge is 2.19. The van der Waals surface area contributed by atoms with Crippen molar-refractivity contribution < 1.29 is 19.4 Å². The largest absolute Gasteiger partial charge is 0.478 e. The van der Waals surface area contributed by atoms with Gasteiger partial charge in [-0.15, -0.1) is 0 Å². The highest BCUT2D eigenvalue weighted by Crippen LogP contribution is 2.23. The number of carboxylic acids is 1. The van der Waals surface area contributed by atoms with E-state index in [0.717, 1.165) is 37.8 Å². The molecule has 2 unspecified atom stereocenters. The first-order valence-corrected chi connectivity index (χ1v) is 6.96. The first-order valence-electron chi connectivity index (χ1n) is 6.96. The van der Waals surface area contributed by atoms with E-state index in [9.17, 15) is 14.3 Å². The number of aliphatic hydroxyl groups is 1. The third-order valence-corrected chi connectivity index (χ3v) is 3.78. The van der Waals surface area contributed by atoms with Crippen molar-refractivity contribution in [2.75, 3.05) is 6.54 Å². The van der Waals surface area contributed by atoms with Crippen LogP contribution in [0.25, 0.3) is 0 Å². The summed E-state index contributed by atoms with van der Waals surface area (Å²) >= 11 is 0. The van der Waals surface area contributed by atoms with Gasteiger partial charge in [0.05, 0.1) is 11.7 Å². The molecule has 1 aromatic carbocycles. The maximum atomic E-state index is 13.5. The van der Waals surface area contributed by atoms with Gasteiger partial charge in [0.1, 0.15) is 5.82 Å². The average molecular weight is 281 g/mol. The Balaban J connectivity index is 1.82. The molecular weight excluding hydrogens is 261 g/mol. The van der Waals surface area contributed by atoms with Crippen molar-refractivity contribution in [3.05, 3.63) is 35.1 Å². The Bertz CT molecular complexity index is 478. The molecule has 0 radical (unpaired) electrons. The second kappa shape index (κ2) is 6.81. The topological polar surface area (TPSA) is 69.6 Å². The third kappa shape index (κ3) is 4.02. The fraction of sp³-hybridized carbons (Fsp3) is 0.533. The molecule has 0 aromatic heterocycles. The Hall–Kier alpha value is -1.46. The van der Waals surface area contributed by atoms with Gasteiger partial charge in [-0.05, 0) is 49.4 Å². The molecule has 1 aromatic rings. The van der Waals surface area contributed by atoms with Crippen molar-refractivity contribution in [3.63, 3.8) is 0 Å². The van der Waals surface area contributed by atoms with Gasteiger partial charge in [-0.1, -0.05) is 12.5 Å². The lowest BCUT2D eigenvalue weighted by molar-refractivity contribution is 0.0692. The summed E-state index contributed by atoms with van der Waals surface area (Å²) in [5, 5.41) is 21.6. The maximum Gasteiger partial charge on any atom is 0.338 e. The van der Waals surface area contributed by atoms with Crippen molar-refractivity contribution in [2.45, 2.75) is 38.3 Å². The smallest absolute Gasteiger partial charge is 0.338 e. The van der Waals surface area contributed by atoms with E-state index >= 15 is 0 Å². The molecule has 1 aliphatic carbocycles. The summed E-state index contributed by atoms with van der Waals surface area (Å²) in [6.45, 7) is 1.29. The van der Waals surface area contributed by atoms with Crippen molar-refractivity contribution >= 4 is 5.97 Å². The zero-order valence-electron chi connectivity index (χ0n) is 11.3. The minimum absolute atomic E-state index is 0.192. The van der Waals surface area contributed by atoms with Crippen LogP contribution in [0.2, 0.25) is 0 Å². The van der Waals surface area contributed by atoms with Crippen LogP contribution in [-0.2, 0) is 6.54 Å². The SMILES string of the molecule is O=C(O)c1ccc(CNCC2CCCC(O)C2)cc1F. The summed E-state index contributed by atoms with van der Waals surface area (Å²) in [6, 6.07) is 4.17. The van der Waals surface area contributed by atoms with Gasteiger partial charge in [-0.2, -0.15) is 0 Å². The van der Waals surface area contributed by atoms with Crippen LogP contribution in [0.4, 0.5) is 4.39 Å². The van der Waals surface area contributed by atoms with E-state index < -0.39 is 11.8 Å². The predicted octanol–water partition coefficient (Wildman–Crippen LogP) is 2.16. The van der Waals surface area contributed by atoms with Crippen molar-refractivity contribution in [3.8, 4) is 0 Å². The Morgan fingerprint density at radius 3 is 2.85 bits per heavy atom. The maximum absolute atomic E-state index is 13.5. The fourth-order valence-corrected chi connectivity index (χ4v) is 2.71. The van der Waals surface area contributed by atoms with E-state index in [4.69, 9.17) is 5.11 Å². The molecule has 20 heavy (non-hydrogen) atoms. The van der Waals surface area contributed by atoms with Crippen LogP contribution in [-0.4, -0.2) is 28.8 Å². The lowest BCUT2D eigenvalue weighted by Crippen LogP contribution is -2.28. The second-order valence-corrected chi connectivity index (χ2v) is 5.44. The van der Waals surface area contributed by atoms with Gasteiger partial charge in [0, 0.05) is 6.54 Å². The number of carboxylic acid groups (broad SMARTS) is 1. The van der Waals surface area contributed by atoms with E-state index in [1.807, 2.05) is 0 Å². The standard InChI is InChI=1S/C15H20FNO3/c16-14-7-11(4-5-13(14)15(19)20)9-17-8-10-2-1-3-12(18)6-10/h4-5,7,10,12,17-18H,1-3,6,8-9H2,(H,19,20). The number of nitrogens with one attached hydrogen (secondary N) is 1. The van der Waals surface area contributed by atoms with Crippen molar-refractivity contribution in [1.82, 2.24) is 5.32 Å². The zero-order valence-corrected chi connectivity index (χ0v) is 11.3. The van der Waals surface area contributed by atoms with E-state index in [1.54, 1.807) is 6.07 Å². The molecule has 1 fully saturated rings. The first-order chi connectivity index (χ1) is 9.56. The highest BCUT2D eigenvalue weighted by molar-refractivity contribution is 5.87. The number of carbonyl (C=O) groups is 1. The quantitative estimate of drug-likeness (QED) is 0.773. The molecule has 1 aliphatic rings. The van der Waals surface area contributed by atoms with Gasteiger partial charge in [0.25, 0.3) is 0 Å². The van der Waals surface area contributed by atoms with Crippen LogP contribution in [0.5, 0.6) is 0 Å². The van der Waals surface area contributed by atoms with Gasteiger partial charge in [0.2, 0.25) is 0 Å². The Kier molecular flexibility index (Phi) is 5.09. The second-order valence-electron chi connectivity index (χ2n) is 5.44. The average Bonchev–Trinajstić information content (AvgIpc) is 2.38. The van der Waals surface area contributed by atoms with Crippen LogP contribution in [0, 0.1) is 11.7 Å². The van der Waals surface area contributed by atoms with Gasteiger partial charge < -0.3 is 15.5 Å². The van der Waals surface area contributed by atoms with Crippen molar-refractivity contribution in [1.29, 1.82) is 0 Å². The normalized spacial score (nSPS) is 22.7. The molecule has 3 N–H and O–H groups in total. The van der Waals surface area contributed by atoms with Crippen LogP contribution >= 0.6 is 0 Å². The van der Waals surface area contributed by atoms with Gasteiger partial charge in [-0.25, -0.2) is 9.18 Å². The Morgan fingerprint density at radius 2 is 2.20 bits per heavy atom. The Labute approximate surface area is 117 Å². The summed E-state index contributed by atoms with van der Waals surface area (Å²) in [5.74, 6) is -1.50. The summed E-state index contributed by atoms with van der Waals surface area (Å²) in [4.78, 5) is 10.7. The number of aromatic carboxylic acids is 1. The number of aliphatic hydroxyl groups excluding tert-OH is 1. The number of halogens is 1. The highest BCUT2D eigenvalue weighted by atomic mass is 19.1. The molecule has 4 nitrogen and oxygen atoms in total. The molecule has 0 amide bonds. The summed E-state index contributed by atoms with van der Waals surface area (Å²) in [5.41, 5.74) is 0.424. The number of hydrogen-bond acceptors (Lipinski definition) is 3. The van der Waals surface area contributed by atoms with E-state index in [0.29, 0.717) is 12.5 Å². The van der Waals surface area contributed by atoms with Gasteiger partial charge in [-0.3, -0.25) is 0 Å². The van der Waals surface area contributed by atoms with E-state index in [1.165, 1.54) is 12.1 Å². The fourth-order valence-electron chi connectivity index (χ4n) is 2.71. The molecule has 0 spiro atoms. The van der Waals surface area contributed by atoms with E-state index in [2.05, 4.69) is 5.32 Å². The lowest BCUT2D eigenvalue weighted by atomic mass is 9.87. The molecule has 2 rings (SSSR count). The third-order valence-electron chi connectivity index (χ3n) is 3.78. The molecule has 0 heterocycles. The van der Waals surface area contributed by atoms with Crippen LogP contribution in [0.3, 0.4) is 0 Å². The number of hydrogen-bond donors (Lipinski definition) is 3. The molecule has 0 bridgehead atoms. The molecule has 0 aliphatic heterocycles. The molecule has 5 heteroatoms. The van der Waals surface area contributed by atoms with Crippen LogP contribution < -0.4 is 5.32 Å². The lowest BCUT2D eigenvalue weighted by Gasteiger charge is -2.26. The molecule has 2 atom stereocenters.